The fraction of sp³-hybridized carbons (Fsp3) is 0.125. The van der Waals surface area contributed by atoms with Gasteiger partial charge in [0.1, 0.15) is 0 Å². The molecule has 1 aromatic carbocycles. The first kappa shape index (κ1) is 13.6. The average Bonchev–Trinajstić information content (AvgIpc) is 2.83. The first-order chi connectivity index (χ1) is 10.1. The molecule has 21 heavy (non-hydrogen) atoms. The summed E-state index contributed by atoms with van der Waals surface area (Å²) in [5.74, 6) is -0.103. The van der Waals surface area contributed by atoms with E-state index in [0.29, 0.717) is 6.54 Å². The lowest BCUT2D eigenvalue weighted by Gasteiger charge is -2.04. The molecule has 5 heteroatoms. The SMILES string of the molecule is Cc1c(C(=O)NCc2cc[nH]c(=O)c2)sc2ccccc12. The van der Waals surface area contributed by atoms with Crippen LogP contribution in [0.4, 0.5) is 0 Å². The van der Waals surface area contributed by atoms with Gasteiger partial charge in [0.25, 0.3) is 5.91 Å². The number of carbonyl (C=O) groups is 1. The lowest BCUT2D eigenvalue weighted by Crippen LogP contribution is -2.23. The second kappa shape index (κ2) is 5.54. The molecule has 0 fully saturated rings. The predicted octanol–water partition coefficient (Wildman–Crippen LogP) is 2.83. The molecule has 2 N–H and O–H groups in total. The Balaban J connectivity index is 1.81. The van der Waals surface area contributed by atoms with Crippen LogP contribution in [-0.4, -0.2) is 10.9 Å². The fourth-order valence-electron chi connectivity index (χ4n) is 2.25. The number of aryl methyl sites for hydroxylation is 1. The van der Waals surface area contributed by atoms with Crippen molar-refractivity contribution in [3.8, 4) is 0 Å². The lowest BCUT2D eigenvalue weighted by atomic mass is 10.1. The van der Waals surface area contributed by atoms with Gasteiger partial charge in [-0.15, -0.1) is 11.3 Å². The molecular formula is C16H14N2O2S. The molecule has 0 spiro atoms. The largest absolute Gasteiger partial charge is 0.347 e. The van der Waals surface area contributed by atoms with Crippen molar-refractivity contribution in [3.63, 3.8) is 0 Å². The van der Waals surface area contributed by atoms with Crippen LogP contribution in [0.15, 0.2) is 47.4 Å². The first-order valence-electron chi connectivity index (χ1n) is 6.59. The summed E-state index contributed by atoms with van der Waals surface area (Å²) in [7, 11) is 0. The number of hydrogen-bond acceptors (Lipinski definition) is 3. The Kier molecular flexibility index (Phi) is 3.58. The summed E-state index contributed by atoms with van der Waals surface area (Å²) in [6, 6.07) is 11.2. The maximum atomic E-state index is 12.3. The summed E-state index contributed by atoms with van der Waals surface area (Å²) in [6.45, 7) is 2.30. The van der Waals surface area contributed by atoms with Crippen LogP contribution in [0.2, 0.25) is 0 Å². The highest BCUT2D eigenvalue weighted by atomic mass is 32.1. The second-order valence-corrected chi connectivity index (χ2v) is 5.85. The molecule has 106 valence electrons. The van der Waals surface area contributed by atoms with E-state index in [4.69, 9.17) is 0 Å². The van der Waals surface area contributed by atoms with E-state index in [1.807, 2.05) is 31.2 Å². The van der Waals surface area contributed by atoms with E-state index < -0.39 is 0 Å². The number of nitrogens with one attached hydrogen (secondary N) is 2. The first-order valence-corrected chi connectivity index (χ1v) is 7.41. The molecule has 3 aromatic rings. The molecule has 3 rings (SSSR count). The zero-order valence-electron chi connectivity index (χ0n) is 11.5. The van der Waals surface area contributed by atoms with E-state index in [0.717, 1.165) is 26.1 Å². The van der Waals surface area contributed by atoms with Crippen molar-refractivity contribution in [1.82, 2.24) is 10.3 Å². The molecule has 0 aliphatic carbocycles. The van der Waals surface area contributed by atoms with Gasteiger partial charge in [0.05, 0.1) is 4.88 Å². The third kappa shape index (κ3) is 2.73. The molecule has 1 amide bonds. The highest BCUT2D eigenvalue weighted by Gasteiger charge is 2.14. The number of fused-ring (bicyclic) bond motifs is 1. The number of H-pyrrole nitrogens is 1. The standard InChI is InChI=1S/C16H14N2O2S/c1-10-12-4-2-3-5-13(12)21-15(10)16(20)18-9-11-6-7-17-14(19)8-11/h2-8H,9H2,1H3,(H,17,19)(H,18,20). The zero-order chi connectivity index (χ0) is 14.8. The molecule has 0 unspecified atom stereocenters. The quantitative estimate of drug-likeness (QED) is 0.781. The number of thiophene rings is 1. The molecule has 0 atom stereocenters. The Bertz CT molecular complexity index is 864. The summed E-state index contributed by atoms with van der Waals surface area (Å²) >= 11 is 1.49. The van der Waals surface area contributed by atoms with Gasteiger partial charge in [-0.2, -0.15) is 0 Å². The summed E-state index contributed by atoms with van der Waals surface area (Å²) in [5.41, 5.74) is 1.62. The van der Waals surface area contributed by atoms with E-state index in [1.165, 1.54) is 17.4 Å². The molecule has 0 bridgehead atoms. The molecule has 0 aliphatic heterocycles. The van der Waals surface area contributed by atoms with Crippen molar-refractivity contribution >= 4 is 27.3 Å². The number of aromatic nitrogens is 1. The molecule has 0 saturated carbocycles. The third-order valence-corrected chi connectivity index (χ3v) is 4.61. The van der Waals surface area contributed by atoms with Crippen LogP contribution in [0.25, 0.3) is 10.1 Å². The van der Waals surface area contributed by atoms with Crippen LogP contribution in [0.1, 0.15) is 20.8 Å². The van der Waals surface area contributed by atoms with Gasteiger partial charge in [-0.05, 0) is 35.6 Å². The van der Waals surface area contributed by atoms with Crippen molar-refractivity contribution in [2.45, 2.75) is 13.5 Å². The van der Waals surface area contributed by atoms with E-state index >= 15 is 0 Å². The molecule has 0 saturated heterocycles. The van der Waals surface area contributed by atoms with Gasteiger partial charge < -0.3 is 10.3 Å². The number of carbonyl (C=O) groups excluding carboxylic acids is 1. The zero-order valence-corrected chi connectivity index (χ0v) is 12.3. The van der Waals surface area contributed by atoms with Crippen LogP contribution >= 0.6 is 11.3 Å². The highest BCUT2D eigenvalue weighted by Crippen LogP contribution is 2.30. The summed E-state index contributed by atoms with van der Waals surface area (Å²) < 4.78 is 1.11. The van der Waals surface area contributed by atoms with E-state index in [9.17, 15) is 9.59 Å². The third-order valence-electron chi connectivity index (χ3n) is 3.34. The van der Waals surface area contributed by atoms with Crippen molar-refractivity contribution in [1.29, 1.82) is 0 Å². The van der Waals surface area contributed by atoms with Crippen molar-refractivity contribution in [3.05, 3.63) is 69.0 Å². The Hall–Kier alpha value is -2.40. The minimum Gasteiger partial charge on any atom is -0.347 e. The van der Waals surface area contributed by atoms with Gasteiger partial charge in [0.2, 0.25) is 5.56 Å². The van der Waals surface area contributed by atoms with Crippen LogP contribution in [0, 0.1) is 6.92 Å². The summed E-state index contributed by atoms with van der Waals surface area (Å²) in [6.07, 6.45) is 1.58. The van der Waals surface area contributed by atoms with Gasteiger partial charge in [-0.25, -0.2) is 0 Å². The Morgan fingerprint density at radius 1 is 1.29 bits per heavy atom. The fourth-order valence-corrected chi connectivity index (χ4v) is 3.38. The van der Waals surface area contributed by atoms with Crippen LogP contribution in [-0.2, 0) is 6.54 Å². The normalized spacial score (nSPS) is 10.7. The van der Waals surface area contributed by atoms with Gasteiger partial charge in [-0.1, -0.05) is 18.2 Å². The van der Waals surface area contributed by atoms with Crippen molar-refractivity contribution in [2.75, 3.05) is 0 Å². The van der Waals surface area contributed by atoms with E-state index in [1.54, 1.807) is 12.3 Å². The number of pyridine rings is 1. The topological polar surface area (TPSA) is 62.0 Å². The van der Waals surface area contributed by atoms with E-state index in [2.05, 4.69) is 10.3 Å². The number of amides is 1. The monoisotopic (exact) mass is 298 g/mol. The molecule has 4 nitrogen and oxygen atoms in total. The summed E-state index contributed by atoms with van der Waals surface area (Å²) in [5, 5.41) is 3.98. The predicted molar refractivity (Wildman–Crippen MR) is 84.8 cm³/mol. The van der Waals surface area contributed by atoms with Crippen molar-refractivity contribution < 1.29 is 4.79 Å². The number of rotatable bonds is 3. The highest BCUT2D eigenvalue weighted by molar-refractivity contribution is 7.21. The van der Waals surface area contributed by atoms with Gasteiger partial charge in [0, 0.05) is 23.5 Å². The van der Waals surface area contributed by atoms with Crippen LogP contribution in [0.3, 0.4) is 0 Å². The number of benzene rings is 1. The average molecular weight is 298 g/mol. The van der Waals surface area contributed by atoms with Gasteiger partial charge in [0.15, 0.2) is 0 Å². The molecule has 0 radical (unpaired) electrons. The Morgan fingerprint density at radius 2 is 2.10 bits per heavy atom. The van der Waals surface area contributed by atoms with Crippen molar-refractivity contribution in [2.24, 2.45) is 0 Å². The molecule has 2 heterocycles. The molecule has 2 aromatic heterocycles. The number of aromatic amines is 1. The maximum Gasteiger partial charge on any atom is 0.261 e. The smallest absolute Gasteiger partial charge is 0.261 e. The second-order valence-electron chi connectivity index (χ2n) is 4.80. The summed E-state index contributed by atoms with van der Waals surface area (Å²) in [4.78, 5) is 26.8. The van der Waals surface area contributed by atoms with Gasteiger partial charge >= 0.3 is 0 Å². The molecule has 0 aliphatic rings. The minimum atomic E-state index is -0.167. The number of hydrogen-bond donors (Lipinski definition) is 2. The minimum absolute atomic E-state index is 0.103. The van der Waals surface area contributed by atoms with Gasteiger partial charge in [-0.3, -0.25) is 9.59 Å². The van der Waals surface area contributed by atoms with E-state index in [-0.39, 0.29) is 11.5 Å². The molecular weight excluding hydrogens is 284 g/mol. The van der Waals surface area contributed by atoms with Crippen LogP contribution < -0.4 is 10.9 Å². The lowest BCUT2D eigenvalue weighted by molar-refractivity contribution is 0.0954. The Morgan fingerprint density at radius 3 is 2.86 bits per heavy atom. The maximum absolute atomic E-state index is 12.3. The van der Waals surface area contributed by atoms with Crippen LogP contribution in [0.5, 0.6) is 0 Å². The Labute approximate surface area is 125 Å².